The molecule has 10 N–H and O–H groups in total. The van der Waals surface area contributed by atoms with Crippen LogP contribution in [-0.4, -0.2) is 43.4 Å². The zero-order valence-corrected chi connectivity index (χ0v) is 35.4. The van der Waals surface area contributed by atoms with Crippen molar-refractivity contribution in [1.29, 1.82) is 0 Å². The van der Waals surface area contributed by atoms with Crippen LogP contribution in [0.4, 0.5) is 11.4 Å². The summed E-state index contributed by atoms with van der Waals surface area (Å²) in [4.78, 5) is 51.9. The number of H-pyrrole nitrogens is 1. The zero-order chi connectivity index (χ0) is 46.5. The SMILES string of the molecule is C.NC(=O)c1cc(Cl)ccc1N.O=C1NC(c2cc(Cl)ccc2O)Nc2ccc(Cl)cc21.O=Cc1cc(Cl)ccc1O.O=c1[nH]c(-c2cc(Cl)ccc2O)nc2ccc(Cl)cc12.[2H][2H]. The fourth-order valence-electron chi connectivity index (χ4n) is 5.44. The fraction of sp³-hybridized carbons (Fsp3) is 0.0465. The van der Waals surface area contributed by atoms with Gasteiger partial charge in [0.05, 0.1) is 33.2 Å². The topological polar surface area (TPSA) is 234 Å². The lowest BCUT2D eigenvalue weighted by Gasteiger charge is -2.28. The van der Waals surface area contributed by atoms with Crippen molar-refractivity contribution in [3.05, 3.63) is 172 Å². The smallest absolute Gasteiger partial charge is 0.259 e. The summed E-state index contributed by atoms with van der Waals surface area (Å²) in [5.41, 5.74) is 13.4. The number of aromatic amines is 1. The van der Waals surface area contributed by atoms with Crippen molar-refractivity contribution >= 4 is 110 Å². The monoisotopic (exact) mass is 960 g/mol. The zero-order valence-electron chi connectivity index (χ0n) is 32.9. The van der Waals surface area contributed by atoms with Crippen molar-refractivity contribution in [2.24, 2.45) is 5.73 Å². The number of carbonyl (C=O) groups is 3. The number of hydrogen-bond donors (Lipinski definition) is 8. The van der Waals surface area contributed by atoms with Gasteiger partial charge in [-0.1, -0.05) is 77.0 Å². The van der Waals surface area contributed by atoms with E-state index in [9.17, 15) is 29.4 Å². The molecule has 7 aromatic rings. The molecule has 0 aliphatic carbocycles. The van der Waals surface area contributed by atoms with Crippen molar-refractivity contribution in [3.8, 4) is 28.6 Å². The Morgan fingerprint density at radius 3 is 1.84 bits per heavy atom. The van der Waals surface area contributed by atoms with Crippen molar-refractivity contribution in [2.45, 2.75) is 13.6 Å². The van der Waals surface area contributed by atoms with Gasteiger partial charge >= 0.3 is 0 Å². The molecule has 0 saturated heterocycles. The number of phenols is 3. The second-order valence-electron chi connectivity index (χ2n) is 12.6. The van der Waals surface area contributed by atoms with Crippen LogP contribution in [0, 0.1) is 0 Å². The molecule has 8 rings (SSSR count). The van der Waals surface area contributed by atoms with Gasteiger partial charge < -0.3 is 42.4 Å². The molecule has 2 amide bonds. The molecule has 19 heteroatoms. The largest absolute Gasteiger partial charge is 0.508 e. The molecular weight excluding hydrogens is 925 g/mol. The number of nitrogen functional groups attached to an aromatic ring is 1. The van der Waals surface area contributed by atoms with Crippen LogP contribution in [0.1, 0.15) is 53.2 Å². The van der Waals surface area contributed by atoms with E-state index in [1.807, 2.05) is 0 Å². The third-order valence-corrected chi connectivity index (χ3v) is 9.79. The Bertz CT molecular complexity index is 2870. The number of primary amides is 1. The molecule has 0 bridgehead atoms. The normalized spacial score (nSPS) is 12.4. The minimum absolute atomic E-state index is 0. The second-order valence-corrected chi connectivity index (χ2v) is 15.2. The van der Waals surface area contributed by atoms with E-state index in [0.29, 0.717) is 75.4 Å². The summed E-state index contributed by atoms with van der Waals surface area (Å²) in [5, 5.41) is 37.7. The number of aromatic hydroxyl groups is 3. The van der Waals surface area contributed by atoms with Crippen LogP contribution in [0.2, 0.25) is 30.1 Å². The average Bonchev–Trinajstić information content (AvgIpc) is 3.26. The van der Waals surface area contributed by atoms with E-state index in [1.165, 1.54) is 42.5 Å². The van der Waals surface area contributed by atoms with Crippen LogP contribution in [0.25, 0.3) is 22.3 Å². The number of carbonyl (C=O) groups excluding carboxylic acids is 3. The number of halogens is 6. The summed E-state index contributed by atoms with van der Waals surface area (Å²) in [6.45, 7) is 0. The standard InChI is InChI=1S/C14H10Cl2N2O2.C14H8Cl2N2O2.C7H7ClN2O.C7H5ClO2.CH4.H2/c2*15-7-1-3-11-9(5-7)14(20)18-13(17-11)10-6-8(16)2-4-12(10)19;8-4-1-2-6(9)5(3-4)7(10)11;8-6-1-2-7(10)5(3-6)4-9;;/h1-6,13,17,19H,(H,18,20);1-6,19H,(H,17,18,20);1-3H,9H2,(H2,10,11);1-4,10H;1H4;1H/i;;;;;1+1D. The van der Waals surface area contributed by atoms with E-state index in [0.717, 1.165) is 0 Å². The van der Waals surface area contributed by atoms with Gasteiger partial charge in [-0.3, -0.25) is 19.2 Å². The lowest BCUT2D eigenvalue weighted by atomic mass is 10.1. The molecular formula is C43H36Cl6N6O7. The predicted molar refractivity (Wildman–Crippen MR) is 250 cm³/mol. The molecule has 2 heterocycles. The molecule has 1 aliphatic rings. The predicted octanol–water partition coefficient (Wildman–Crippen LogP) is 10.9. The summed E-state index contributed by atoms with van der Waals surface area (Å²) in [7, 11) is 0. The molecule has 6 aromatic carbocycles. The summed E-state index contributed by atoms with van der Waals surface area (Å²) < 4.78 is 10.0. The van der Waals surface area contributed by atoms with Gasteiger partial charge in [0.15, 0.2) is 6.29 Å². The van der Waals surface area contributed by atoms with Gasteiger partial charge in [-0.15, -0.1) is 0 Å². The Kier molecular flexibility index (Phi) is 16.3. The maximum absolute atomic E-state index is 12.1. The first kappa shape index (κ1) is 46.9. The summed E-state index contributed by atoms with van der Waals surface area (Å²) in [6.07, 6.45) is 0.0103. The number of aromatic nitrogens is 2. The Balaban J connectivity index is 0.000000232. The maximum Gasteiger partial charge on any atom is 0.259 e. The number of amides is 2. The summed E-state index contributed by atoms with van der Waals surface area (Å²) >= 11 is 34.7. The Hall–Kier alpha value is -6.19. The number of rotatable bonds is 4. The van der Waals surface area contributed by atoms with Crippen molar-refractivity contribution in [2.75, 3.05) is 11.1 Å². The summed E-state index contributed by atoms with van der Waals surface area (Å²) in [5.74, 6) is -0.560. The van der Waals surface area contributed by atoms with Crippen LogP contribution in [0.15, 0.2) is 114 Å². The number of fused-ring (bicyclic) bond motifs is 2. The molecule has 62 heavy (non-hydrogen) atoms. The number of nitrogens with two attached hydrogens (primary N) is 2. The molecule has 0 fully saturated rings. The molecule has 13 nitrogen and oxygen atoms in total. The highest BCUT2D eigenvalue weighted by molar-refractivity contribution is 6.32. The molecule has 322 valence electrons. The third-order valence-electron chi connectivity index (χ3n) is 8.38. The van der Waals surface area contributed by atoms with E-state index < -0.39 is 12.1 Å². The van der Waals surface area contributed by atoms with Gasteiger partial charge in [0.2, 0.25) is 0 Å². The van der Waals surface area contributed by atoms with Gasteiger partial charge in [0.1, 0.15) is 29.2 Å². The van der Waals surface area contributed by atoms with Gasteiger partial charge in [-0.2, -0.15) is 0 Å². The second kappa shape index (κ2) is 21.6. The number of anilines is 2. The number of aldehydes is 1. The Labute approximate surface area is 386 Å². The van der Waals surface area contributed by atoms with Gasteiger partial charge in [0.25, 0.3) is 17.4 Å². The maximum atomic E-state index is 12.1. The van der Waals surface area contributed by atoms with E-state index in [4.69, 9.17) is 89.1 Å². The van der Waals surface area contributed by atoms with Gasteiger partial charge in [-0.25, -0.2) is 4.98 Å². The van der Waals surface area contributed by atoms with E-state index >= 15 is 0 Å². The molecule has 1 aliphatic heterocycles. The molecule has 1 atom stereocenters. The first-order chi connectivity index (χ1) is 29.9. The number of phenolic OH excluding ortho intramolecular Hbond substituents is 3. The van der Waals surface area contributed by atoms with E-state index in [-0.39, 0.29) is 53.1 Å². The minimum Gasteiger partial charge on any atom is -0.508 e. The minimum atomic E-state index is -0.565. The number of hydrogen-bond acceptors (Lipinski definition) is 10. The molecule has 0 saturated carbocycles. The highest BCUT2D eigenvalue weighted by atomic mass is 35.5. The van der Waals surface area contributed by atoms with Crippen LogP contribution in [0.3, 0.4) is 0 Å². The van der Waals surface area contributed by atoms with Crippen LogP contribution in [0.5, 0.6) is 17.2 Å². The van der Waals surface area contributed by atoms with Crippen LogP contribution in [-0.2, 0) is 0 Å². The molecule has 1 unspecified atom stereocenters. The lowest BCUT2D eigenvalue weighted by molar-refractivity contribution is 0.0934. The summed E-state index contributed by atoms with van der Waals surface area (Å²) in [6, 6.07) is 28.0. The number of nitrogens with zero attached hydrogens (tertiary/aromatic N) is 1. The molecule has 1 aromatic heterocycles. The fourth-order valence-corrected chi connectivity index (χ4v) is 6.49. The van der Waals surface area contributed by atoms with Crippen molar-refractivity contribution in [3.63, 3.8) is 0 Å². The van der Waals surface area contributed by atoms with Gasteiger partial charge in [-0.05, 0) is 109 Å². The van der Waals surface area contributed by atoms with E-state index in [2.05, 4.69) is 20.6 Å². The first-order valence-electron chi connectivity index (χ1n) is 18.3. The highest BCUT2D eigenvalue weighted by Crippen LogP contribution is 2.34. The van der Waals surface area contributed by atoms with Crippen molar-refractivity contribution < 1.29 is 32.7 Å². The van der Waals surface area contributed by atoms with Gasteiger partial charge in [0, 0.05) is 50.0 Å². The quantitative estimate of drug-likeness (QED) is 0.0614. The molecule has 0 radical (unpaired) electrons. The highest BCUT2D eigenvalue weighted by Gasteiger charge is 2.26. The Morgan fingerprint density at radius 1 is 0.677 bits per heavy atom. The van der Waals surface area contributed by atoms with Crippen LogP contribution >= 0.6 is 69.6 Å². The first-order valence-corrected chi connectivity index (χ1v) is 19.5. The number of benzene rings is 6. The van der Waals surface area contributed by atoms with Crippen molar-refractivity contribution in [1.82, 2.24) is 15.3 Å². The Morgan fingerprint density at radius 2 is 1.21 bits per heavy atom. The lowest BCUT2D eigenvalue weighted by Crippen LogP contribution is -2.38. The average molecular weight is 964 g/mol. The van der Waals surface area contributed by atoms with Crippen LogP contribution < -0.4 is 27.7 Å². The third kappa shape index (κ3) is 12.4. The van der Waals surface area contributed by atoms with E-state index in [1.54, 1.807) is 66.7 Å². The molecule has 0 spiro atoms. The number of nitrogens with one attached hydrogen (secondary N) is 3.